The fourth-order valence-corrected chi connectivity index (χ4v) is 7.43. The Balaban J connectivity index is 1.20. The Hall–Kier alpha value is -5.68. The Morgan fingerprint density at radius 1 is 0.627 bits per heavy atom. The lowest BCUT2D eigenvalue weighted by Crippen LogP contribution is -2.65. The SMILES string of the molecule is COc1cc(C=CC(=O)OC[C@H]2O[C@@H](O[C@H]3[C@H](Oc4cc5c(O[C@@H]6O[C@H](CO)[C@@H](O)[C@H](O)[C@H]6O)cc(O)cc5[o+]c4-c4ccc(O)c(O)c4)O[C@H](CO)[C@@H](O)[C@@H]3O)[C@H](O)[C@@H](O)[C@@H]2O)ccc1O. The molecular weight excluding hydrogens is 900 g/mol. The molecule has 0 radical (unpaired) electrons. The molecule has 14 N–H and O–H groups in total. The molecule has 4 aromatic rings. The van der Waals surface area contributed by atoms with Crippen molar-refractivity contribution >= 4 is 23.0 Å². The topological polar surface area (TPSA) is 385 Å². The molecule has 7 rings (SSSR count). The van der Waals surface area contributed by atoms with Gasteiger partial charge in [-0.05, 0) is 35.9 Å². The zero-order valence-electron chi connectivity index (χ0n) is 35.0. The van der Waals surface area contributed by atoms with Gasteiger partial charge in [-0.2, -0.15) is 0 Å². The number of phenolic OH excluding ortho intramolecular Hbond substituents is 4. The largest absolute Gasteiger partial charge is 0.507 e. The lowest BCUT2D eigenvalue weighted by atomic mass is 9.97. The number of methoxy groups -OCH3 is 1. The van der Waals surface area contributed by atoms with Gasteiger partial charge in [-0.3, -0.25) is 0 Å². The first-order valence-corrected chi connectivity index (χ1v) is 20.4. The molecule has 3 aliphatic heterocycles. The number of aromatic hydroxyl groups is 4. The highest BCUT2D eigenvalue weighted by molar-refractivity contribution is 5.89. The van der Waals surface area contributed by atoms with Crippen molar-refractivity contribution in [2.24, 2.45) is 0 Å². The highest BCUT2D eigenvalue weighted by Gasteiger charge is 2.52. The van der Waals surface area contributed by atoms with Gasteiger partial charge in [-0.15, -0.1) is 0 Å². The van der Waals surface area contributed by atoms with Crippen LogP contribution in [0.15, 0.2) is 65.1 Å². The summed E-state index contributed by atoms with van der Waals surface area (Å²) in [6.45, 7) is -2.43. The van der Waals surface area contributed by atoms with Crippen LogP contribution in [0.5, 0.6) is 40.2 Å². The molecule has 15 atom stereocenters. The molecule has 3 saturated heterocycles. The molecule has 0 saturated carbocycles. The summed E-state index contributed by atoms with van der Waals surface area (Å²) in [6.07, 6.45) is -25.3. The summed E-state index contributed by atoms with van der Waals surface area (Å²) in [5, 5.41) is 147. The van der Waals surface area contributed by atoms with Crippen LogP contribution in [0, 0.1) is 0 Å². The van der Waals surface area contributed by atoms with Crippen LogP contribution in [0.1, 0.15) is 5.56 Å². The van der Waals surface area contributed by atoms with Crippen molar-refractivity contribution in [1.29, 1.82) is 0 Å². The maximum absolute atomic E-state index is 12.7. The highest BCUT2D eigenvalue weighted by Crippen LogP contribution is 2.44. The van der Waals surface area contributed by atoms with Gasteiger partial charge in [0.15, 0.2) is 35.4 Å². The average Bonchev–Trinajstić information content (AvgIpc) is 3.31. The number of hydrogen-bond donors (Lipinski definition) is 14. The number of phenols is 4. The Kier molecular flexibility index (Phi) is 15.2. The molecule has 24 nitrogen and oxygen atoms in total. The Morgan fingerprint density at radius 2 is 1.24 bits per heavy atom. The van der Waals surface area contributed by atoms with E-state index in [2.05, 4.69) is 0 Å². The minimum Gasteiger partial charge on any atom is -0.507 e. The Labute approximate surface area is 378 Å². The van der Waals surface area contributed by atoms with Crippen LogP contribution in [-0.2, 0) is 28.5 Å². The summed E-state index contributed by atoms with van der Waals surface area (Å²) in [4.78, 5) is 12.7. The monoisotopic (exact) mass is 949 g/mol. The van der Waals surface area contributed by atoms with Gasteiger partial charge in [0.05, 0.1) is 32.0 Å². The molecule has 3 fully saturated rings. The van der Waals surface area contributed by atoms with E-state index in [4.69, 9.17) is 42.3 Å². The normalized spacial score (nSPS) is 32.3. The van der Waals surface area contributed by atoms with E-state index >= 15 is 0 Å². The molecule has 364 valence electrons. The first-order chi connectivity index (χ1) is 31.9. The van der Waals surface area contributed by atoms with E-state index in [1.54, 1.807) is 0 Å². The average molecular weight is 950 g/mol. The standard InChI is InChI=1S/C43H48O24/c1-59-25-8-16(2-5-21(25)48)3-7-30(50)60-15-29-33(53)35(55)38(58)42(66-29)67-40-36(56)32(52)28(14-45)65-43(40)63-26-12-19-23(61-39(26)17-4-6-20(47)22(49)9-17)10-18(46)11-24(19)62-41-37(57)34(54)31(51)27(13-44)64-41/h2-12,27-29,31-38,40-45,51-58H,13-15H2,1H3,(H3-,46,47,48,49,50)/p+1/t27-,28-,29-,31-,32-,33-,34+,35+,36+,37-,38-,40-,41-,42+,43-/m1/s1. The molecule has 0 bridgehead atoms. The summed E-state index contributed by atoms with van der Waals surface area (Å²) in [5.74, 6) is -3.59. The zero-order chi connectivity index (χ0) is 48.4. The van der Waals surface area contributed by atoms with Crippen molar-refractivity contribution in [3.63, 3.8) is 0 Å². The fraction of sp³-hybridized carbons (Fsp3) is 0.442. The van der Waals surface area contributed by atoms with E-state index < -0.39 is 135 Å². The molecule has 3 aliphatic rings. The minimum atomic E-state index is -2.08. The van der Waals surface area contributed by atoms with Gasteiger partial charge in [0.1, 0.15) is 90.6 Å². The number of fused-ring (bicyclic) bond motifs is 1. The summed E-state index contributed by atoms with van der Waals surface area (Å²) >= 11 is 0. The predicted molar refractivity (Wildman–Crippen MR) is 220 cm³/mol. The third-order valence-corrected chi connectivity index (χ3v) is 11.2. The fourth-order valence-electron chi connectivity index (χ4n) is 7.43. The van der Waals surface area contributed by atoms with Gasteiger partial charge >= 0.3 is 17.3 Å². The van der Waals surface area contributed by atoms with Gasteiger partial charge in [0.2, 0.25) is 18.3 Å². The van der Waals surface area contributed by atoms with E-state index in [1.165, 1.54) is 43.5 Å². The quantitative estimate of drug-likeness (QED) is 0.0272. The number of aliphatic hydroxyl groups excluding tert-OH is 10. The molecule has 24 heteroatoms. The number of hydrogen-bond acceptors (Lipinski definition) is 23. The van der Waals surface area contributed by atoms with E-state index in [-0.39, 0.29) is 45.3 Å². The molecule has 3 aromatic carbocycles. The van der Waals surface area contributed by atoms with Crippen molar-refractivity contribution < 1.29 is 119 Å². The second-order valence-corrected chi connectivity index (χ2v) is 15.6. The number of esters is 1. The number of carbonyl (C=O) groups is 1. The molecule has 67 heavy (non-hydrogen) atoms. The number of carbonyl (C=O) groups excluding carboxylic acids is 1. The van der Waals surface area contributed by atoms with Gasteiger partial charge in [0.25, 0.3) is 0 Å². The zero-order valence-corrected chi connectivity index (χ0v) is 35.0. The first kappa shape index (κ1) is 49.2. The van der Waals surface area contributed by atoms with Crippen molar-refractivity contribution in [2.75, 3.05) is 26.9 Å². The third-order valence-electron chi connectivity index (χ3n) is 11.2. The molecular formula is C43H49O24+. The third kappa shape index (κ3) is 10.4. The van der Waals surface area contributed by atoms with Crippen molar-refractivity contribution in [2.45, 2.75) is 92.1 Å². The molecule has 0 amide bonds. The van der Waals surface area contributed by atoms with Gasteiger partial charge < -0.3 is 109 Å². The second kappa shape index (κ2) is 20.7. The maximum atomic E-state index is 12.7. The lowest BCUT2D eigenvalue weighted by Gasteiger charge is -2.45. The number of aliphatic hydroxyl groups is 10. The number of ether oxygens (including phenoxy) is 8. The van der Waals surface area contributed by atoms with Crippen molar-refractivity contribution in [3.05, 3.63) is 66.2 Å². The van der Waals surface area contributed by atoms with Crippen LogP contribution < -0.4 is 14.2 Å². The van der Waals surface area contributed by atoms with Crippen LogP contribution in [0.25, 0.3) is 28.4 Å². The van der Waals surface area contributed by atoms with Crippen LogP contribution >= 0.6 is 0 Å². The van der Waals surface area contributed by atoms with Crippen LogP contribution in [0.2, 0.25) is 0 Å². The van der Waals surface area contributed by atoms with Crippen molar-refractivity contribution in [1.82, 2.24) is 0 Å². The minimum absolute atomic E-state index is 0.00214. The Bertz CT molecular complexity index is 2390. The van der Waals surface area contributed by atoms with Crippen molar-refractivity contribution in [3.8, 4) is 51.6 Å². The smallest absolute Gasteiger partial charge is 0.402 e. The maximum Gasteiger partial charge on any atom is 0.402 e. The summed E-state index contributed by atoms with van der Waals surface area (Å²) in [6, 6.07) is 11.0. The summed E-state index contributed by atoms with van der Waals surface area (Å²) in [5.41, 5.74) is 0.261. The van der Waals surface area contributed by atoms with Gasteiger partial charge in [-0.1, -0.05) is 6.07 Å². The molecule has 4 heterocycles. The second-order valence-electron chi connectivity index (χ2n) is 15.6. The van der Waals surface area contributed by atoms with Gasteiger partial charge in [-0.25, -0.2) is 9.21 Å². The highest BCUT2D eigenvalue weighted by atomic mass is 16.8. The van der Waals surface area contributed by atoms with Gasteiger partial charge in [0, 0.05) is 24.3 Å². The number of benzene rings is 3. The molecule has 1 aromatic heterocycles. The van der Waals surface area contributed by atoms with E-state index in [1.807, 2.05) is 0 Å². The predicted octanol–water partition coefficient (Wildman–Crippen LogP) is -2.34. The molecule has 0 aliphatic carbocycles. The molecule has 0 spiro atoms. The number of rotatable bonds is 14. The lowest BCUT2D eigenvalue weighted by molar-refractivity contribution is -0.358. The van der Waals surface area contributed by atoms with Crippen LogP contribution in [0.3, 0.4) is 0 Å². The van der Waals surface area contributed by atoms with E-state index in [0.29, 0.717) is 5.56 Å². The first-order valence-electron chi connectivity index (χ1n) is 20.4. The molecule has 0 unspecified atom stereocenters. The summed E-state index contributed by atoms with van der Waals surface area (Å²) in [7, 11) is 1.33. The van der Waals surface area contributed by atoms with Crippen LogP contribution in [-0.4, -0.2) is 197 Å². The Morgan fingerprint density at radius 3 is 1.91 bits per heavy atom. The van der Waals surface area contributed by atoms with E-state index in [0.717, 1.165) is 30.3 Å². The van der Waals surface area contributed by atoms with Crippen LogP contribution in [0.4, 0.5) is 0 Å². The summed E-state index contributed by atoms with van der Waals surface area (Å²) < 4.78 is 51.4. The van der Waals surface area contributed by atoms with E-state index in [9.17, 15) is 76.3 Å².